The summed E-state index contributed by atoms with van der Waals surface area (Å²) in [5.41, 5.74) is 0.779. The van der Waals surface area contributed by atoms with Crippen LogP contribution in [-0.2, 0) is 12.0 Å². The maximum atomic E-state index is 13.9. The van der Waals surface area contributed by atoms with Gasteiger partial charge in [0.2, 0.25) is 0 Å². The number of carbonyl (C=O) groups excluding carboxylic acids is 1. The SMILES string of the molecule is CN(Cc1ccccc1)[C@@H]1CC[C@@]2(O)[C@H]3C(=O)c4ccc(O)c5c4[C@@]2(CCN3CC2CC2)[C@H]1O5. The number of hydrogen-bond donors (Lipinski definition) is 2. The molecular weight excluding hydrogens is 428 g/mol. The highest BCUT2D eigenvalue weighted by Crippen LogP contribution is 2.66. The Kier molecular flexibility index (Phi) is 4.34. The summed E-state index contributed by atoms with van der Waals surface area (Å²) in [6, 6.07) is 13.3. The fourth-order valence-corrected chi connectivity index (χ4v) is 7.74. The maximum Gasteiger partial charge on any atom is 0.183 e. The van der Waals surface area contributed by atoms with Crippen LogP contribution in [0.3, 0.4) is 0 Å². The van der Waals surface area contributed by atoms with Crippen LogP contribution >= 0.6 is 0 Å². The summed E-state index contributed by atoms with van der Waals surface area (Å²) in [6.45, 7) is 2.45. The van der Waals surface area contributed by atoms with Crippen molar-refractivity contribution in [3.63, 3.8) is 0 Å². The van der Waals surface area contributed by atoms with E-state index in [0.29, 0.717) is 23.7 Å². The maximum absolute atomic E-state index is 13.9. The third-order valence-corrected chi connectivity index (χ3v) is 9.41. The molecule has 5 aliphatic rings. The van der Waals surface area contributed by atoms with Gasteiger partial charge in [0, 0.05) is 36.8 Å². The molecule has 2 bridgehead atoms. The lowest BCUT2D eigenvalue weighted by molar-refractivity contribution is -0.187. The van der Waals surface area contributed by atoms with Crippen molar-refractivity contribution in [2.24, 2.45) is 5.92 Å². The van der Waals surface area contributed by atoms with Gasteiger partial charge in [-0.05, 0) is 62.8 Å². The summed E-state index contributed by atoms with van der Waals surface area (Å²) in [5.74, 6) is 1.13. The lowest BCUT2D eigenvalue weighted by Crippen LogP contribution is -2.79. The molecule has 178 valence electrons. The quantitative estimate of drug-likeness (QED) is 0.715. The van der Waals surface area contributed by atoms with E-state index in [1.54, 1.807) is 12.1 Å². The molecule has 6 heteroatoms. The Balaban J connectivity index is 1.34. The number of ketones is 1. The molecule has 2 heterocycles. The van der Waals surface area contributed by atoms with E-state index in [4.69, 9.17) is 4.74 Å². The molecule has 3 aliphatic carbocycles. The number of piperidine rings is 1. The van der Waals surface area contributed by atoms with Crippen molar-refractivity contribution < 1.29 is 19.7 Å². The topological polar surface area (TPSA) is 73.2 Å². The van der Waals surface area contributed by atoms with Gasteiger partial charge in [0.15, 0.2) is 17.3 Å². The monoisotopic (exact) mass is 460 g/mol. The molecule has 2 aromatic carbocycles. The zero-order valence-electron chi connectivity index (χ0n) is 19.6. The molecule has 0 radical (unpaired) electrons. The molecule has 0 unspecified atom stereocenters. The number of likely N-dealkylation sites (tertiary alicyclic amines) is 1. The normalized spacial score (nSPS) is 35.9. The van der Waals surface area contributed by atoms with Gasteiger partial charge in [-0.1, -0.05) is 30.3 Å². The zero-order chi connectivity index (χ0) is 23.2. The third-order valence-electron chi connectivity index (χ3n) is 9.41. The third kappa shape index (κ3) is 2.59. The standard InChI is InChI=1S/C28H32N2O4/c1-29(15-17-5-3-2-4-6-17)20-11-12-28(33)25-23(32)19-9-10-21(31)24-22(19)27(28,26(20)34-24)13-14-30(25)16-18-7-8-18/h2-6,9-10,18,20,25-26,31,33H,7-8,11-16H2,1H3/t20-,25-,26+,27+,28-/m1/s1. The number of aliphatic hydroxyl groups is 1. The molecule has 3 fully saturated rings. The Morgan fingerprint density at radius 1 is 1.12 bits per heavy atom. The van der Waals surface area contributed by atoms with Crippen LogP contribution in [0.25, 0.3) is 0 Å². The van der Waals surface area contributed by atoms with Crippen LogP contribution < -0.4 is 4.74 Å². The summed E-state index contributed by atoms with van der Waals surface area (Å²) in [4.78, 5) is 18.5. The first-order valence-corrected chi connectivity index (χ1v) is 12.7. The van der Waals surface area contributed by atoms with E-state index in [1.165, 1.54) is 18.4 Å². The van der Waals surface area contributed by atoms with Crippen LogP contribution in [0.1, 0.15) is 53.6 Å². The van der Waals surface area contributed by atoms with Gasteiger partial charge in [0.25, 0.3) is 0 Å². The van der Waals surface area contributed by atoms with E-state index in [2.05, 4.69) is 41.1 Å². The number of hydrogen-bond acceptors (Lipinski definition) is 6. The van der Waals surface area contributed by atoms with E-state index in [0.717, 1.165) is 38.0 Å². The zero-order valence-corrected chi connectivity index (χ0v) is 19.6. The Morgan fingerprint density at radius 2 is 1.91 bits per heavy atom. The molecule has 2 aliphatic heterocycles. The molecule has 34 heavy (non-hydrogen) atoms. The van der Waals surface area contributed by atoms with Crippen molar-refractivity contribution in [2.45, 2.75) is 67.9 Å². The highest BCUT2D eigenvalue weighted by atomic mass is 16.5. The Labute approximate surface area is 200 Å². The first-order valence-electron chi connectivity index (χ1n) is 12.7. The fourth-order valence-electron chi connectivity index (χ4n) is 7.74. The second-order valence-corrected chi connectivity index (χ2v) is 11.2. The predicted octanol–water partition coefficient (Wildman–Crippen LogP) is 3.10. The van der Waals surface area contributed by atoms with Gasteiger partial charge in [-0.3, -0.25) is 14.6 Å². The average Bonchev–Trinajstić information content (AvgIpc) is 3.57. The number of phenols is 1. The van der Waals surface area contributed by atoms with Crippen LogP contribution in [0, 0.1) is 5.92 Å². The number of ether oxygens (including phenoxy) is 1. The van der Waals surface area contributed by atoms with Gasteiger partial charge in [-0.2, -0.15) is 0 Å². The Bertz CT molecular complexity index is 1160. The number of aromatic hydroxyl groups is 1. The van der Waals surface area contributed by atoms with Crippen molar-refractivity contribution in [3.8, 4) is 11.5 Å². The van der Waals surface area contributed by atoms with E-state index < -0.39 is 17.1 Å². The Morgan fingerprint density at radius 3 is 2.68 bits per heavy atom. The number of Topliss-reactive ketones (excluding diaryl/α,β-unsaturated/α-hetero) is 1. The highest BCUT2D eigenvalue weighted by molar-refractivity contribution is 6.06. The first-order chi connectivity index (χ1) is 16.4. The van der Waals surface area contributed by atoms with Gasteiger partial charge in [0.05, 0.1) is 5.41 Å². The number of nitrogens with zero attached hydrogens (tertiary/aromatic N) is 2. The van der Waals surface area contributed by atoms with Crippen molar-refractivity contribution >= 4 is 5.78 Å². The van der Waals surface area contributed by atoms with Gasteiger partial charge in [-0.15, -0.1) is 0 Å². The number of likely N-dealkylation sites (N-methyl/N-ethyl adjacent to an activating group) is 1. The fraction of sp³-hybridized carbons (Fsp3) is 0.536. The lowest BCUT2D eigenvalue weighted by atomic mass is 9.48. The van der Waals surface area contributed by atoms with E-state index >= 15 is 0 Å². The summed E-state index contributed by atoms with van der Waals surface area (Å²) in [5, 5.41) is 23.3. The molecule has 5 atom stereocenters. The van der Waals surface area contributed by atoms with Crippen molar-refractivity contribution in [3.05, 3.63) is 59.2 Å². The first kappa shape index (κ1) is 20.9. The summed E-state index contributed by atoms with van der Waals surface area (Å²) >= 11 is 0. The molecule has 0 amide bonds. The smallest absolute Gasteiger partial charge is 0.183 e. The van der Waals surface area contributed by atoms with Crippen LogP contribution in [-0.4, -0.2) is 69.7 Å². The molecule has 2 aromatic rings. The molecule has 6 nitrogen and oxygen atoms in total. The summed E-state index contributed by atoms with van der Waals surface area (Å²) < 4.78 is 6.60. The summed E-state index contributed by atoms with van der Waals surface area (Å²) in [7, 11) is 2.12. The minimum absolute atomic E-state index is 0.00457. The van der Waals surface area contributed by atoms with Crippen LogP contribution in [0.2, 0.25) is 0 Å². The van der Waals surface area contributed by atoms with Crippen LogP contribution in [0.4, 0.5) is 0 Å². The average molecular weight is 461 g/mol. The predicted molar refractivity (Wildman–Crippen MR) is 127 cm³/mol. The second kappa shape index (κ2) is 7.06. The lowest BCUT2D eigenvalue weighted by Gasteiger charge is -2.64. The minimum atomic E-state index is -1.18. The van der Waals surface area contributed by atoms with Crippen molar-refractivity contribution in [1.29, 1.82) is 0 Å². The molecule has 2 saturated carbocycles. The van der Waals surface area contributed by atoms with E-state index in [9.17, 15) is 15.0 Å². The van der Waals surface area contributed by atoms with E-state index in [-0.39, 0.29) is 23.7 Å². The molecule has 7 rings (SSSR count). The second-order valence-electron chi connectivity index (χ2n) is 11.2. The number of benzene rings is 2. The molecule has 1 spiro atoms. The molecule has 1 saturated heterocycles. The van der Waals surface area contributed by atoms with E-state index in [1.807, 2.05) is 6.07 Å². The number of rotatable bonds is 5. The number of carbonyl (C=O) groups is 1. The number of phenolic OH excluding ortho intramolecular Hbond substituents is 1. The van der Waals surface area contributed by atoms with Gasteiger partial charge in [0.1, 0.15) is 17.7 Å². The Hall–Kier alpha value is -2.41. The van der Waals surface area contributed by atoms with Gasteiger partial charge in [-0.25, -0.2) is 0 Å². The van der Waals surface area contributed by atoms with Crippen molar-refractivity contribution in [2.75, 3.05) is 20.1 Å². The molecular formula is C28H32N2O4. The van der Waals surface area contributed by atoms with Crippen LogP contribution in [0.15, 0.2) is 42.5 Å². The largest absolute Gasteiger partial charge is 0.504 e. The van der Waals surface area contributed by atoms with Crippen molar-refractivity contribution in [1.82, 2.24) is 9.80 Å². The van der Waals surface area contributed by atoms with Crippen LogP contribution in [0.5, 0.6) is 11.5 Å². The highest BCUT2D eigenvalue weighted by Gasteiger charge is 2.75. The molecule has 0 aromatic heterocycles. The van der Waals surface area contributed by atoms with Gasteiger partial charge >= 0.3 is 0 Å². The molecule has 2 N–H and O–H groups in total. The summed E-state index contributed by atoms with van der Waals surface area (Å²) in [6.07, 6.45) is 4.17. The minimum Gasteiger partial charge on any atom is -0.504 e. The van der Waals surface area contributed by atoms with Gasteiger partial charge < -0.3 is 14.9 Å².